The number of hydrogen-bond acceptors (Lipinski definition) is 3. The molecule has 1 aromatic carbocycles. The molecular formula is C13H15FN2O. The van der Waals surface area contributed by atoms with Crippen LogP contribution in [0.15, 0.2) is 18.2 Å². The summed E-state index contributed by atoms with van der Waals surface area (Å²) in [6.45, 7) is 3.00. The molecule has 0 aromatic heterocycles. The molecule has 1 fully saturated rings. The fourth-order valence-corrected chi connectivity index (χ4v) is 1.97. The van der Waals surface area contributed by atoms with E-state index in [0.717, 1.165) is 26.2 Å². The Morgan fingerprint density at radius 3 is 3.12 bits per heavy atom. The average molecular weight is 234 g/mol. The maximum absolute atomic E-state index is 13.1. The van der Waals surface area contributed by atoms with E-state index in [1.165, 1.54) is 18.2 Å². The van der Waals surface area contributed by atoms with Gasteiger partial charge in [-0.3, -0.25) is 0 Å². The number of ether oxygens (including phenoxy) is 1. The van der Waals surface area contributed by atoms with E-state index in [0.29, 0.717) is 23.6 Å². The standard InChI is InChI=1S/C13H15FN2O/c14-13-2-1-11(6-15)12(5-13)8-16-7-10-3-4-17-9-10/h1-2,5,10,16H,3-4,7-9H2. The molecule has 3 nitrogen and oxygen atoms in total. The van der Waals surface area contributed by atoms with Gasteiger partial charge in [0.15, 0.2) is 0 Å². The maximum atomic E-state index is 13.1. The number of hydrogen-bond donors (Lipinski definition) is 1. The Labute approximate surface area is 100 Å². The number of nitrogens with zero attached hydrogens (tertiary/aromatic N) is 1. The van der Waals surface area contributed by atoms with E-state index in [9.17, 15) is 4.39 Å². The first-order chi connectivity index (χ1) is 8.29. The zero-order valence-corrected chi connectivity index (χ0v) is 9.58. The third-order valence-corrected chi connectivity index (χ3v) is 2.96. The van der Waals surface area contributed by atoms with Crippen molar-refractivity contribution in [2.24, 2.45) is 5.92 Å². The van der Waals surface area contributed by atoms with Gasteiger partial charge in [-0.1, -0.05) is 0 Å². The molecule has 1 aromatic rings. The fraction of sp³-hybridized carbons (Fsp3) is 0.462. The van der Waals surface area contributed by atoms with Crippen molar-refractivity contribution in [3.05, 3.63) is 35.1 Å². The first kappa shape index (κ1) is 12.0. The van der Waals surface area contributed by atoms with Crippen molar-refractivity contribution < 1.29 is 9.13 Å². The molecule has 0 spiro atoms. The molecule has 0 aliphatic carbocycles. The molecular weight excluding hydrogens is 219 g/mol. The van der Waals surface area contributed by atoms with Crippen molar-refractivity contribution in [1.29, 1.82) is 5.26 Å². The molecule has 1 heterocycles. The number of nitriles is 1. The van der Waals surface area contributed by atoms with E-state index in [4.69, 9.17) is 10.00 Å². The van der Waals surface area contributed by atoms with Crippen LogP contribution in [0.4, 0.5) is 4.39 Å². The Hall–Kier alpha value is -1.44. The predicted octanol–water partition coefficient (Wildman–Crippen LogP) is 1.82. The Bertz CT molecular complexity index is 422. The van der Waals surface area contributed by atoms with Crippen molar-refractivity contribution >= 4 is 0 Å². The Kier molecular flexibility index (Phi) is 4.08. The second kappa shape index (κ2) is 5.76. The van der Waals surface area contributed by atoms with Gasteiger partial charge in [0, 0.05) is 19.7 Å². The van der Waals surface area contributed by atoms with Crippen LogP contribution in [-0.4, -0.2) is 19.8 Å². The van der Waals surface area contributed by atoms with Gasteiger partial charge >= 0.3 is 0 Å². The van der Waals surface area contributed by atoms with E-state index < -0.39 is 0 Å². The lowest BCUT2D eigenvalue weighted by molar-refractivity contribution is 0.185. The summed E-state index contributed by atoms with van der Waals surface area (Å²) in [4.78, 5) is 0. The number of halogens is 1. The molecule has 0 amide bonds. The summed E-state index contributed by atoms with van der Waals surface area (Å²) >= 11 is 0. The lowest BCUT2D eigenvalue weighted by atomic mass is 10.1. The van der Waals surface area contributed by atoms with E-state index in [2.05, 4.69) is 11.4 Å². The molecule has 90 valence electrons. The smallest absolute Gasteiger partial charge is 0.123 e. The zero-order valence-electron chi connectivity index (χ0n) is 9.58. The number of rotatable bonds is 4. The number of nitrogens with one attached hydrogen (secondary N) is 1. The van der Waals surface area contributed by atoms with Gasteiger partial charge in [0.25, 0.3) is 0 Å². The van der Waals surface area contributed by atoms with E-state index >= 15 is 0 Å². The molecule has 1 unspecified atom stereocenters. The Morgan fingerprint density at radius 1 is 1.53 bits per heavy atom. The topological polar surface area (TPSA) is 45.0 Å². The summed E-state index contributed by atoms with van der Waals surface area (Å²) in [6.07, 6.45) is 1.07. The average Bonchev–Trinajstić information content (AvgIpc) is 2.82. The van der Waals surface area contributed by atoms with Crippen molar-refractivity contribution in [1.82, 2.24) is 5.32 Å². The molecule has 0 bridgehead atoms. The van der Waals surface area contributed by atoms with E-state index in [-0.39, 0.29) is 5.82 Å². The minimum absolute atomic E-state index is 0.301. The second-order valence-corrected chi connectivity index (χ2v) is 4.27. The summed E-state index contributed by atoms with van der Waals surface area (Å²) < 4.78 is 18.3. The van der Waals surface area contributed by atoms with Gasteiger partial charge in [-0.15, -0.1) is 0 Å². The number of benzene rings is 1. The molecule has 1 aliphatic rings. The molecule has 1 aliphatic heterocycles. The molecule has 1 atom stereocenters. The molecule has 17 heavy (non-hydrogen) atoms. The first-order valence-electron chi connectivity index (χ1n) is 5.76. The van der Waals surface area contributed by atoms with Crippen LogP contribution in [0.1, 0.15) is 17.5 Å². The summed E-state index contributed by atoms with van der Waals surface area (Å²) in [5.74, 6) is 0.235. The molecule has 2 rings (SSSR count). The Balaban J connectivity index is 1.89. The normalized spacial score (nSPS) is 19.2. The zero-order chi connectivity index (χ0) is 12.1. The molecule has 1 N–H and O–H groups in total. The minimum Gasteiger partial charge on any atom is -0.381 e. The summed E-state index contributed by atoms with van der Waals surface area (Å²) in [5.41, 5.74) is 1.24. The van der Waals surface area contributed by atoms with Crippen LogP contribution >= 0.6 is 0 Å². The lowest BCUT2D eigenvalue weighted by Crippen LogP contribution is -2.23. The second-order valence-electron chi connectivity index (χ2n) is 4.27. The Morgan fingerprint density at radius 2 is 2.41 bits per heavy atom. The van der Waals surface area contributed by atoms with Crippen molar-refractivity contribution in [2.75, 3.05) is 19.8 Å². The third kappa shape index (κ3) is 3.26. The van der Waals surface area contributed by atoms with Crippen molar-refractivity contribution in [2.45, 2.75) is 13.0 Å². The van der Waals surface area contributed by atoms with Crippen LogP contribution in [0.25, 0.3) is 0 Å². The summed E-state index contributed by atoms with van der Waals surface area (Å²) in [6, 6.07) is 6.31. The van der Waals surface area contributed by atoms with Crippen LogP contribution in [0.5, 0.6) is 0 Å². The lowest BCUT2D eigenvalue weighted by Gasteiger charge is -2.10. The van der Waals surface area contributed by atoms with Crippen LogP contribution in [0.3, 0.4) is 0 Å². The summed E-state index contributed by atoms with van der Waals surface area (Å²) in [7, 11) is 0. The highest BCUT2D eigenvalue weighted by atomic mass is 19.1. The van der Waals surface area contributed by atoms with Gasteiger partial charge < -0.3 is 10.1 Å². The monoisotopic (exact) mass is 234 g/mol. The quantitative estimate of drug-likeness (QED) is 0.864. The highest BCUT2D eigenvalue weighted by Crippen LogP contribution is 2.13. The molecule has 4 heteroatoms. The maximum Gasteiger partial charge on any atom is 0.123 e. The van der Waals surface area contributed by atoms with Crippen LogP contribution in [0.2, 0.25) is 0 Å². The predicted molar refractivity (Wildman–Crippen MR) is 61.7 cm³/mol. The van der Waals surface area contributed by atoms with Gasteiger partial charge in [0.1, 0.15) is 5.82 Å². The van der Waals surface area contributed by atoms with E-state index in [1.54, 1.807) is 0 Å². The molecule has 0 saturated carbocycles. The molecule has 1 saturated heterocycles. The fourth-order valence-electron chi connectivity index (χ4n) is 1.97. The minimum atomic E-state index is -0.301. The highest BCUT2D eigenvalue weighted by molar-refractivity contribution is 5.37. The van der Waals surface area contributed by atoms with Crippen molar-refractivity contribution in [3.8, 4) is 6.07 Å². The van der Waals surface area contributed by atoms with Crippen LogP contribution in [-0.2, 0) is 11.3 Å². The van der Waals surface area contributed by atoms with Crippen molar-refractivity contribution in [3.63, 3.8) is 0 Å². The van der Waals surface area contributed by atoms with Gasteiger partial charge in [-0.2, -0.15) is 5.26 Å². The van der Waals surface area contributed by atoms with Gasteiger partial charge in [0.2, 0.25) is 0 Å². The SMILES string of the molecule is N#Cc1ccc(F)cc1CNCC1CCOC1. The van der Waals surface area contributed by atoms with Crippen LogP contribution < -0.4 is 5.32 Å². The highest BCUT2D eigenvalue weighted by Gasteiger charge is 2.15. The molecule has 0 radical (unpaired) electrons. The first-order valence-corrected chi connectivity index (χ1v) is 5.76. The largest absolute Gasteiger partial charge is 0.381 e. The van der Waals surface area contributed by atoms with Crippen LogP contribution in [0, 0.1) is 23.1 Å². The van der Waals surface area contributed by atoms with Gasteiger partial charge in [-0.25, -0.2) is 4.39 Å². The van der Waals surface area contributed by atoms with Gasteiger partial charge in [-0.05, 0) is 36.1 Å². The van der Waals surface area contributed by atoms with Gasteiger partial charge in [0.05, 0.1) is 18.2 Å². The van der Waals surface area contributed by atoms with E-state index in [1.807, 2.05) is 0 Å². The summed E-state index contributed by atoms with van der Waals surface area (Å²) in [5, 5.41) is 12.1. The third-order valence-electron chi connectivity index (χ3n) is 2.96.